The van der Waals surface area contributed by atoms with E-state index in [0.717, 1.165) is 25.0 Å². The van der Waals surface area contributed by atoms with Crippen LogP contribution in [0.25, 0.3) is 0 Å². The molecule has 1 N–H and O–H groups in total. The van der Waals surface area contributed by atoms with E-state index < -0.39 is 17.6 Å². The first-order valence-electron chi connectivity index (χ1n) is 6.38. The molecule has 1 aromatic carbocycles. The number of benzene rings is 1. The standard InChI is InChI=1S/C14H17F4N/c1-8-10(4-6-13(8)19-2)9-3-5-12(15)11(7-9)14(16,17)18/h3,5,7-8,10,13,19H,4,6H2,1-2H3. The summed E-state index contributed by atoms with van der Waals surface area (Å²) in [5.41, 5.74) is -0.580. The van der Waals surface area contributed by atoms with Crippen molar-refractivity contribution in [3.05, 3.63) is 35.1 Å². The molecule has 1 aliphatic rings. The van der Waals surface area contributed by atoms with Crippen molar-refractivity contribution in [2.45, 2.75) is 37.9 Å². The molecule has 1 saturated carbocycles. The second kappa shape index (κ2) is 5.12. The highest BCUT2D eigenvalue weighted by Crippen LogP contribution is 2.41. The fourth-order valence-corrected chi connectivity index (χ4v) is 3.03. The molecule has 1 aromatic rings. The van der Waals surface area contributed by atoms with Gasteiger partial charge in [0.05, 0.1) is 5.56 Å². The minimum Gasteiger partial charge on any atom is -0.317 e. The SMILES string of the molecule is CNC1CCC(c2ccc(F)c(C(F)(F)F)c2)C1C. The fourth-order valence-electron chi connectivity index (χ4n) is 3.03. The van der Waals surface area contributed by atoms with Crippen LogP contribution in [0.5, 0.6) is 0 Å². The van der Waals surface area contributed by atoms with Crippen LogP contribution >= 0.6 is 0 Å². The number of rotatable bonds is 2. The molecule has 0 aliphatic heterocycles. The van der Waals surface area contributed by atoms with Crippen molar-refractivity contribution in [1.82, 2.24) is 5.32 Å². The average Bonchev–Trinajstić information content (AvgIpc) is 2.70. The minimum absolute atomic E-state index is 0.0548. The van der Waals surface area contributed by atoms with E-state index in [9.17, 15) is 17.6 Å². The summed E-state index contributed by atoms with van der Waals surface area (Å²) < 4.78 is 51.4. The Morgan fingerprint density at radius 3 is 2.42 bits per heavy atom. The molecule has 3 unspecified atom stereocenters. The quantitative estimate of drug-likeness (QED) is 0.806. The molecule has 1 aliphatic carbocycles. The van der Waals surface area contributed by atoms with Crippen LogP contribution in [0.2, 0.25) is 0 Å². The zero-order chi connectivity index (χ0) is 14.2. The highest BCUT2D eigenvalue weighted by Gasteiger charge is 2.37. The van der Waals surface area contributed by atoms with Gasteiger partial charge >= 0.3 is 6.18 Å². The molecule has 1 fully saturated rings. The second-order valence-corrected chi connectivity index (χ2v) is 5.18. The van der Waals surface area contributed by atoms with Crippen LogP contribution in [0.1, 0.15) is 36.8 Å². The van der Waals surface area contributed by atoms with E-state index in [1.54, 1.807) is 0 Å². The van der Waals surface area contributed by atoms with Gasteiger partial charge in [-0.2, -0.15) is 13.2 Å². The lowest BCUT2D eigenvalue weighted by Gasteiger charge is -2.21. The molecular weight excluding hydrogens is 258 g/mol. The summed E-state index contributed by atoms with van der Waals surface area (Å²) in [6.45, 7) is 2.02. The highest BCUT2D eigenvalue weighted by molar-refractivity contribution is 5.31. The maximum atomic E-state index is 13.3. The average molecular weight is 275 g/mol. The van der Waals surface area contributed by atoms with Crippen LogP contribution in [0.3, 0.4) is 0 Å². The monoisotopic (exact) mass is 275 g/mol. The van der Waals surface area contributed by atoms with Gasteiger partial charge in [-0.05, 0) is 49.4 Å². The number of hydrogen-bond acceptors (Lipinski definition) is 1. The van der Waals surface area contributed by atoms with Crippen molar-refractivity contribution in [2.75, 3.05) is 7.05 Å². The molecule has 0 spiro atoms. The molecule has 0 heterocycles. The lowest BCUT2D eigenvalue weighted by atomic mass is 9.88. The second-order valence-electron chi connectivity index (χ2n) is 5.18. The summed E-state index contributed by atoms with van der Waals surface area (Å²) >= 11 is 0. The van der Waals surface area contributed by atoms with E-state index in [0.29, 0.717) is 11.6 Å². The Kier molecular flexibility index (Phi) is 3.85. The number of nitrogens with one attached hydrogen (secondary N) is 1. The Morgan fingerprint density at radius 2 is 1.89 bits per heavy atom. The lowest BCUT2D eigenvalue weighted by molar-refractivity contribution is -0.140. The Balaban J connectivity index is 2.32. The van der Waals surface area contributed by atoms with Gasteiger partial charge in [-0.25, -0.2) is 4.39 Å². The van der Waals surface area contributed by atoms with E-state index in [2.05, 4.69) is 5.32 Å². The molecule has 0 aromatic heterocycles. The van der Waals surface area contributed by atoms with Gasteiger partial charge in [0.2, 0.25) is 0 Å². The smallest absolute Gasteiger partial charge is 0.317 e. The highest BCUT2D eigenvalue weighted by atomic mass is 19.4. The largest absolute Gasteiger partial charge is 0.419 e. The zero-order valence-corrected chi connectivity index (χ0v) is 10.9. The van der Waals surface area contributed by atoms with Crippen LogP contribution in [-0.4, -0.2) is 13.1 Å². The first kappa shape index (κ1) is 14.3. The summed E-state index contributed by atoms with van der Waals surface area (Å²) in [6.07, 6.45) is -2.87. The summed E-state index contributed by atoms with van der Waals surface area (Å²) in [5, 5.41) is 3.17. The molecule has 0 bridgehead atoms. The van der Waals surface area contributed by atoms with Gasteiger partial charge < -0.3 is 5.32 Å². The summed E-state index contributed by atoms with van der Waals surface area (Å²) in [5.74, 6) is -0.900. The van der Waals surface area contributed by atoms with Gasteiger partial charge in [0.15, 0.2) is 0 Å². The molecule has 0 amide bonds. The molecule has 3 atom stereocenters. The van der Waals surface area contributed by atoms with E-state index in [-0.39, 0.29) is 11.8 Å². The number of alkyl halides is 3. The van der Waals surface area contributed by atoms with E-state index >= 15 is 0 Å². The minimum atomic E-state index is -4.63. The van der Waals surface area contributed by atoms with Crippen LogP contribution in [-0.2, 0) is 6.18 Å². The van der Waals surface area contributed by atoms with Gasteiger partial charge in [-0.1, -0.05) is 13.0 Å². The van der Waals surface area contributed by atoms with E-state index in [4.69, 9.17) is 0 Å². The lowest BCUT2D eigenvalue weighted by Crippen LogP contribution is -2.28. The Labute approximate surface area is 110 Å². The van der Waals surface area contributed by atoms with Crippen molar-refractivity contribution < 1.29 is 17.6 Å². The molecule has 106 valence electrons. The van der Waals surface area contributed by atoms with Gasteiger partial charge in [0, 0.05) is 6.04 Å². The van der Waals surface area contributed by atoms with Gasteiger partial charge in [0.25, 0.3) is 0 Å². The molecule has 0 saturated heterocycles. The summed E-state index contributed by atoms with van der Waals surface area (Å²) in [4.78, 5) is 0. The topological polar surface area (TPSA) is 12.0 Å². The third-order valence-electron chi connectivity index (χ3n) is 4.15. The van der Waals surface area contributed by atoms with Crippen LogP contribution in [0.15, 0.2) is 18.2 Å². The molecule has 5 heteroatoms. The first-order chi connectivity index (χ1) is 8.84. The number of halogens is 4. The van der Waals surface area contributed by atoms with Gasteiger partial charge in [0.1, 0.15) is 5.82 Å². The van der Waals surface area contributed by atoms with Gasteiger partial charge in [-0.3, -0.25) is 0 Å². The first-order valence-corrected chi connectivity index (χ1v) is 6.38. The van der Waals surface area contributed by atoms with Crippen LogP contribution < -0.4 is 5.32 Å². The zero-order valence-electron chi connectivity index (χ0n) is 10.9. The van der Waals surface area contributed by atoms with Crippen molar-refractivity contribution in [2.24, 2.45) is 5.92 Å². The van der Waals surface area contributed by atoms with Crippen LogP contribution in [0, 0.1) is 11.7 Å². The van der Waals surface area contributed by atoms with Crippen molar-refractivity contribution >= 4 is 0 Å². The normalized spacial score (nSPS) is 27.8. The van der Waals surface area contributed by atoms with E-state index in [1.807, 2.05) is 14.0 Å². The summed E-state index contributed by atoms with van der Waals surface area (Å²) in [7, 11) is 1.86. The van der Waals surface area contributed by atoms with Gasteiger partial charge in [-0.15, -0.1) is 0 Å². The van der Waals surface area contributed by atoms with Crippen molar-refractivity contribution in [3.8, 4) is 0 Å². The van der Waals surface area contributed by atoms with Crippen molar-refractivity contribution in [1.29, 1.82) is 0 Å². The Morgan fingerprint density at radius 1 is 1.21 bits per heavy atom. The summed E-state index contributed by atoms with van der Waals surface area (Å²) in [6, 6.07) is 3.68. The predicted molar refractivity (Wildman–Crippen MR) is 65.4 cm³/mol. The van der Waals surface area contributed by atoms with Crippen LogP contribution in [0.4, 0.5) is 17.6 Å². The molecular formula is C14H17F4N. The Bertz CT molecular complexity index is 455. The molecule has 0 radical (unpaired) electrons. The van der Waals surface area contributed by atoms with E-state index in [1.165, 1.54) is 6.07 Å². The molecule has 2 rings (SSSR count). The fraction of sp³-hybridized carbons (Fsp3) is 0.571. The van der Waals surface area contributed by atoms with Crippen molar-refractivity contribution in [3.63, 3.8) is 0 Å². The molecule has 19 heavy (non-hydrogen) atoms. The maximum Gasteiger partial charge on any atom is 0.419 e. The Hall–Kier alpha value is -1.10. The third-order valence-corrected chi connectivity index (χ3v) is 4.15. The molecule has 1 nitrogen and oxygen atoms in total. The number of hydrogen-bond donors (Lipinski definition) is 1. The maximum absolute atomic E-state index is 13.3. The third kappa shape index (κ3) is 2.76. The predicted octanol–water partition coefficient (Wildman–Crippen LogP) is 3.95.